The number of unbranched alkanes of at least 4 members (excludes halogenated alkanes) is 3. The minimum absolute atomic E-state index is 0.0772. The average Bonchev–Trinajstić information content (AvgIpc) is 2.95. The van der Waals surface area contributed by atoms with Crippen molar-refractivity contribution >= 4 is 11.8 Å². The maximum atomic E-state index is 12.9. The van der Waals surface area contributed by atoms with Gasteiger partial charge in [0.1, 0.15) is 12.4 Å². The molecule has 2 aliphatic heterocycles. The Morgan fingerprint density at radius 3 is 2.76 bits per heavy atom. The van der Waals surface area contributed by atoms with E-state index in [-0.39, 0.29) is 17.4 Å². The van der Waals surface area contributed by atoms with Crippen molar-refractivity contribution in [2.24, 2.45) is 5.92 Å². The quantitative estimate of drug-likeness (QED) is 0.509. The zero-order chi connectivity index (χ0) is 17.9. The van der Waals surface area contributed by atoms with Crippen LogP contribution in [0, 0.1) is 5.92 Å². The number of hydrogen-bond acceptors (Lipinski definition) is 4. The van der Waals surface area contributed by atoms with E-state index < -0.39 is 0 Å². The number of Topliss-reactive ketones (excluding diaryl/α,β-unsaturated/α-hetero) is 1. The summed E-state index contributed by atoms with van der Waals surface area (Å²) in [4.78, 5) is 26.9. The molecule has 1 spiro atoms. The zero-order valence-electron chi connectivity index (χ0n) is 16.1. The summed E-state index contributed by atoms with van der Waals surface area (Å²) in [6.07, 6.45) is 13.7. The van der Waals surface area contributed by atoms with Crippen LogP contribution in [0.3, 0.4) is 0 Å². The number of esters is 1. The second-order valence-electron chi connectivity index (χ2n) is 8.48. The molecule has 0 bridgehead atoms. The molecule has 25 heavy (non-hydrogen) atoms. The van der Waals surface area contributed by atoms with Crippen molar-refractivity contribution in [1.29, 1.82) is 0 Å². The second kappa shape index (κ2) is 8.20. The van der Waals surface area contributed by atoms with Gasteiger partial charge in [-0.2, -0.15) is 0 Å². The first-order valence-electron chi connectivity index (χ1n) is 10.5. The maximum absolute atomic E-state index is 12.9. The van der Waals surface area contributed by atoms with Crippen LogP contribution in [0.15, 0.2) is 0 Å². The molecule has 0 aromatic heterocycles. The second-order valence-corrected chi connectivity index (χ2v) is 8.48. The maximum Gasteiger partial charge on any atom is 0.302 e. The topological polar surface area (TPSA) is 46.6 Å². The summed E-state index contributed by atoms with van der Waals surface area (Å²) >= 11 is 0. The summed E-state index contributed by atoms with van der Waals surface area (Å²) in [5, 5.41) is 0. The predicted octanol–water partition coefficient (Wildman–Crippen LogP) is 4.25. The normalized spacial score (nSPS) is 35.3. The van der Waals surface area contributed by atoms with Crippen LogP contribution in [-0.2, 0) is 14.3 Å². The molecule has 4 heteroatoms. The zero-order valence-corrected chi connectivity index (χ0v) is 16.1. The third kappa shape index (κ3) is 3.79. The van der Waals surface area contributed by atoms with Gasteiger partial charge in [-0.1, -0.05) is 45.4 Å². The molecule has 3 rings (SSSR count). The molecule has 4 atom stereocenters. The summed E-state index contributed by atoms with van der Waals surface area (Å²) < 4.78 is 5.40. The molecule has 4 nitrogen and oxygen atoms in total. The van der Waals surface area contributed by atoms with Gasteiger partial charge in [0.25, 0.3) is 0 Å². The van der Waals surface area contributed by atoms with Gasteiger partial charge in [0.2, 0.25) is 0 Å². The van der Waals surface area contributed by atoms with E-state index in [0.29, 0.717) is 24.5 Å². The number of ketones is 1. The van der Waals surface area contributed by atoms with Crippen molar-refractivity contribution in [3.63, 3.8) is 0 Å². The highest BCUT2D eigenvalue weighted by molar-refractivity contribution is 5.84. The fraction of sp³-hybridized carbons (Fsp3) is 0.905. The SMILES string of the molecule is CCCCCC[C@H]1CC(=O)[C@@H]2CCCC[C@@]23CC[C@H](COC(C)=O)N13. The molecule has 3 aliphatic rings. The number of nitrogens with zero attached hydrogens (tertiary/aromatic N) is 1. The Bertz CT molecular complexity index is 492. The Morgan fingerprint density at radius 2 is 2.00 bits per heavy atom. The van der Waals surface area contributed by atoms with Crippen LogP contribution in [-0.4, -0.2) is 40.9 Å². The van der Waals surface area contributed by atoms with Gasteiger partial charge in [0.05, 0.1) is 0 Å². The lowest BCUT2D eigenvalue weighted by molar-refractivity contribution is -0.151. The van der Waals surface area contributed by atoms with Crippen molar-refractivity contribution in [1.82, 2.24) is 4.90 Å². The summed E-state index contributed by atoms with van der Waals surface area (Å²) in [5.74, 6) is 0.564. The highest BCUT2D eigenvalue weighted by atomic mass is 16.5. The van der Waals surface area contributed by atoms with Gasteiger partial charge in [-0.25, -0.2) is 0 Å². The first-order valence-corrected chi connectivity index (χ1v) is 10.5. The molecule has 3 fully saturated rings. The van der Waals surface area contributed by atoms with Crippen molar-refractivity contribution < 1.29 is 14.3 Å². The van der Waals surface area contributed by atoms with Crippen molar-refractivity contribution in [2.75, 3.05) is 6.61 Å². The lowest BCUT2D eigenvalue weighted by Gasteiger charge is -2.55. The Labute approximate surface area is 152 Å². The summed E-state index contributed by atoms with van der Waals surface area (Å²) in [7, 11) is 0. The van der Waals surface area contributed by atoms with E-state index in [0.717, 1.165) is 38.5 Å². The molecule has 0 N–H and O–H groups in total. The van der Waals surface area contributed by atoms with Crippen molar-refractivity contribution in [2.45, 2.75) is 109 Å². The molecule has 0 radical (unpaired) electrons. The van der Waals surface area contributed by atoms with Crippen LogP contribution < -0.4 is 0 Å². The van der Waals surface area contributed by atoms with E-state index in [1.165, 1.54) is 45.4 Å². The van der Waals surface area contributed by atoms with Crippen LogP contribution in [0.1, 0.15) is 90.9 Å². The fourth-order valence-electron chi connectivity index (χ4n) is 5.90. The fourth-order valence-corrected chi connectivity index (χ4v) is 5.90. The minimum atomic E-state index is -0.186. The van der Waals surface area contributed by atoms with Crippen molar-refractivity contribution in [3.8, 4) is 0 Å². The number of hydrogen-bond donors (Lipinski definition) is 0. The Kier molecular flexibility index (Phi) is 6.19. The molecule has 0 unspecified atom stereocenters. The molecule has 0 aromatic rings. The highest BCUT2D eigenvalue weighted by Crippen LogP contribution is 2.53. The lowest BCUT2D eigenvalue weighted by atomic mass is 9.65. The Balaban J connectivity index is 1.77. The van der Waals surface area contributed by atoms with Crippen molar-refractivity contribution in [3.05, 3.63) is 0 Å². The lowest BCUT2D eigenvalue weighted by Crippen LogP contribution is -2.64. The predicted molar refractivity (Wildman–Crippen MR) is 98.4 cm³/mol. The molecular weight excluding hydrogens is 314 g/mol. The molecular formula is C21H35NO3. The van der Waals surface area contributed by atoms with Gasteiger partial charge in [0.15, 0.2) is 0 Å². The van der Waals surface area contributed by atoms with Crippen LogP contribution >= 0.6 is 0 Å². The number of rotatable bonds is 7. The monoisotopic (exact) mass is 349 g/mol. The molecule has 0 amide bonds. The molecule has 2 saturated heterocycles. The number of carbonyl (C=O) groups excluding carboxylic acids is 2. The average molecular weight is 350 g/mol. The van der Waals surface area contributed by atoms with Gasteiger partial charge in [-0.3, -0.25) is 14.5 Å². The number of carbonyl (C=O) groups is 2. The van der Waals surface area contributed by atoms with Gasteiger partial charge in [-0.15, -0.1) is 0 Å². The van der Waals surface area contributed by atoms with Crippen LogP contribution in [0.4, 0.5) is 0 Å². The third-order valence-corrected chi connectivity index (χ3v) is 6.91. The molecule has 0 aromatic carbocycles. The van der Waals surface area contributed by atoms with Crippen LogP contribution in [0.25, 0.3) is 0 Å². The Hall–Kier alpha value is -0.900. The first-order chi connectivity index (χ1) is 12.1. The highest BCUT2D eigenvalue weighted by Gasteiger charge is 2.58. The van der Waals surface area contributed by atoms with E-state index in [2.05, 4.69) is 11.8 Å². The molecule has 2 heterocycles. The van der Waals surface area contributed by atoms with Crippen LogP contribution in [0.5, 0.6) is 0 Å². The van der Waals surface area contributed by atoms with Gasteiger partial charge in [0, 0.05) is 36.9 Å². The minimum Gasteiger partial charge on any atom is -0.464 e. The van der Waals surface area contributed by atoms with Gasteiger partial charge < -0.3 is 4.74 Å². The number of piperidine rings is 1. The van der Waals surface area contributed by atoms with E-state index in [1.807, 2.05) is 0 Å². The number of ether oxygens (including phenoxy) is 1. The van der Waals surface area contributed by atoms with E-state index >= 15 is 0 Å². The molecule has 142 valence electrons. The summed E-state index contributed by atoms with van der Waals surface area (Å²) in [5.41, 5.74) is 0.0772. The first kappa shape index (κ1) is 18.9. The largest absolute Gasteiger partial charge is 0.464 e. The van der Waals surface area contributed by atoms with Gasteiger partial charge in [-0.05, 0) is 32.1 Å². The Morgan fingerprint density at radius 1 is 1.16 bits per heavy atom. The smallest absolute Gasteiger partial charge is 0.302 e. The molecule has 1 aliphatic carbocycles. The van der Waals surface area contributed by atoms with Crippen LogP contribution in [0.2, 0.25) is 0 Å². The molecule has 1 saturated carbocycles. The standard InChI is InChI=1S/C21H35NO3/c1-3-4-5-6-9-17-14-20(24)19-10-7-8-12-21(19)13-11-18(22(17)21)15-25-16(2)23/h17-19H,3-15H2,1-2H3/t17-,18+,19-,21+/m0/s1. The van der Waals surface area contributed by atoms with E-state index in [9.17, 15) is 9.59 Å². The third-order valence-electron chi connectivity index (χ3n) is 6.91. The van der Waals surface area contributed by atoms with Gasteiger partial charge >= 0.3 is 5.97 Å². The van der Waals surface area contributed by atoms with E-state index in [4.69, 9.17) is 4.74 Å². The summed E-state index contributed by atoms with van der Waals surface area (Å²) in [6, 6.07) is 0.676. The summed E-state index contributed by atoms with van der Waals surface area (Å²) in [6.45, 7) is 4.24. The van der Waals surface area contributed by atoms with E-state index in [1.54, 1.807) is 0 Å².